The summed E-state index contributed by atoms with van der Waals surface area (Å²) in [5.41, 5.74) is 4.42. The molecule has 2 N–H and O–H groups in total. The second-order valence-corrected chi connectivity index (χ2v) is 12.6. The zero-order chi connectivity index (χ0) is 30.8. The lowest BCUT2D eigenvalue weighted by Gasteiger charge is -2.51. The summed E-state index contributed by atoms with van der Waals surface area (Å²) in [6.07, 6.45) is 5.40. The van der Waals surface area contributed by atoms with Crippen molar-refractivity contribution in [2.45, 2.75) is 64.3 Å². The van der Waals surface area contributed by atoms with Gasteiger partial charge >= 0.3 is 0 Å². The first-order valence-corrected chi connectivity index (χ1v) is 15.9. The molecule has 234 valence electrons. The Labute approximate surface area is 258 Å². The highest BCUT2D eigenvalue weighted by Gasteiger charge is 2.43. The third-order valence-corrected chi connectivity index (χ3v) is 9.52. The molecule has 3 amide bonds. The number of H-pyrrole nitrogens is 1. The van der Waals surface area contributed by atoms with Crippen LogP contribution in [0.2, 0.25) is 0 Å². The van der Waals surface area contributed by atoms with Gasteiger partial charge in [-0.05, 0) is 92.7 Å². The number of fused-ring (bicyclic) bond motifs is 7. The lowest BCUT2D eigenvalue weighted by molar-refractivity contribution is -0.140. The van der Waals surface area contributed by atoms with Crippen LogP contribution < -0.4 is 14.8 Å². The van der Waals surface area contributed by atoms with Gasteiger partial charge in [-0.1, -0.05) is 6.07 Å². The number of benzene rings is 2. The third-order valence-electron chi connectivity index (χ3n) is 9.52. The zero-order valence-corrected chi connectivity index (χ0v) is 26.0. The monoisotopic (exact) mass is 601 g/mol. The first kappa shape index (κ1) is 30.0. The van der Waals surface area contributed by atoms with Crippen molar-refractivity contribution < 1.29 is 23.9 Å². The van der Waals surface area contributed by atoms with Crippen LogP contribution in [0.1, 0.15) is 65.8 Å². The molecule has 10 heteroatoms. The van der Waals surface area contributed by atoms with Gasteiger partial charge in [0, 0.05) is 50.6 Å². The number of hydrogen-bond acceptors (Lipinski definition) is 6. The molecule has 2 fully saturated rings. The number of aromatic nitrogens is 2. The molecule has 3 aliphatic rings. The summed E-state index contributed by atoms with van der Waals surface area (Å²) in [5, 5.41) is 3.07. The third kappa shape index (κ3) is 6.25. The number of rotatable bonds is 3. The number of likely N-dealkylation sites (tertiary alicyclic amines) is 1. The average molecular weight is 602 g/mol. The molecule has 10 nitrogen and oxygen atoms in total. The number of methoxy groups -OCH3 is 2. The molecule has 3 atom stereocenters. The van der Waals surface area contributed by atoms with Crippen LogP contribution in [0.3, 0.4) is 0 Å². The smallest absolute Gasteiger partial charge is 0.253 e. The van der Waals surface area contributed by atoms with Crippen LogP contribution in [-0.2, 0) is 22.4 Å². The molecule has 3 aliphatic heterocycles. The highest BCUT2D eigenvalue weighted by atomic mass is 16.5. The van der Waals surface area contributed by atoms with Crippen molar-refractivity contribution in [3.8, 4) is 11.5 Å². The SMILES string of the molecule is COc1cc2cc(c1OC)CCCNC(=O)CCC[C@H]1[C@@H]3C[C@@H](CN(C(=O)c4ccc5nc(C)[nH]c5c4)C3)CN1C(=O)CC2. The number of imidazole rings is 1. The number of aryl methyl sites for hydroxylation is 3. The Bertz CT molecular complexity index is 1550. The number of aromatic amines is 1. The molecule has 3 aromatic rings. The number of hydrogen-bond donors (Lipinski definition) is 2. The molecule has 4 heterocycles. The van der Waals surface area contributed by atoms with E-state index in [0.717, 1.165) is 53.7 Å². The number of nitrogens with zero attached hydrogens (tertiary/aromatic N) is 3. The molecule has 2 saturated heterocycles. The van der Waals surface area contributed by atoms with E-state index in [1.54, 1.807) is 14.2 Å². The van der Waals surface area contributed by atoms with E-state index in [2.05, 4.69) is 26.3 Å². The lowest BCUT2D eigenvalue weighted by Crippen LogP contribution is -2.60. The fraction of sp³-hybridized carbons (Fsp3) is 0.529. The fourth-order valence-corrected chi connectivity index (χ4v) is 7.52. The van der Waals surface area contributed by atoms with Gasteiger partial charge in [-0.2, -0.15) is 0 Å². The topological polar surface area (TPSA) is 117 Å². The molecular weight excluding hydrogens is 558 g/mol. The fourth-order valence-electron chi connectivity index (χ4n) is 7.52. The maximum absolute atomic E-state index is 13.9. The summed E-state index contributed by atoms with van der Waals surface area (Å²) in [5.74, 6) is 2.77. The van der Waals surface area contributed by atoms with Gasteiger partial charge in [-0.15, -0.1) is 0 Å². The van der Waals surface area contributed by atoms with Crippen molar-refractivity contribution in [3.05, 3.63) is 52.8 Å². The van der Waals surface area contributed by atoms with Gasteiger partial charge in [0.25, 0.3) is 5.91 Å². The predicted molar refractivity (Wildman–Crippen MR) is 167 cm³/mol. The lowest BCUT2D eigenvalue weighted by atomic mass is 9.77. The van der Waals surface area contributed by atoms with E-state index in [1.165, 1.54) is 0 Å². The van der Waals surface area contributed by atoms with Crippen molar-refractivity contribution in [2.24, 2.45) is 11.8 Å². The average Bonchev–Trinajstić information content (AvgIpc) is 3.40. The Hall–Kier alpha value is -4.08. The van der Waals surface area contributed by atoms with Crippen LogP contribution >= 0.6 is 0 Å². The normalized spacial score (nSPS) is 23.2. The van der Waals surface area contributed by atoms with Crippen LogP contribution in [0, 0.1) is 18.8 Å². The number of amides is 3. The molecular formula is C34H43N5O5. The molecule has 0 saturated carbocycles. The Morgan fingerprint density at radius 1 is 0.977 bits per heavy atom. The van der Waals surface area contributed by atoms with Crippen LogP contribution in [0.25, 0.3) is 11.0 Å². The number of ether oxygens (including phenoxy) is 2. The van der Waals surface area contributed by atoms with Gasteiger partial charge in [0.05, 0.1) is 25.3 Å². The number of nitrogens with one attached hydrogen (secondary N) is 2. The van der Waals surface area contributed by atoms with Gasteiger partial charge in [0.2, 0.25) is 11.8 Å². The van der Waals surface area contributed by atoms with Gasteiger partial charge in [-0.3, -0.25) is 14.4 Å². The Morgan fingerprint density at radius 2 is 1.84 bits per heavy atom. The summed E-state index contributed by atoms with van der Waals surface area (Å²) in [7, 11) is 3.27. The minimum atomic E-state index is -0.00578. The van der Waals surface area contributed by atoms with Crippen LogP contribution in [0.4, 0.5) is 0 Å². The number of carbonyl (C=O) groups is 3. The molecule has 44 heavy (non-hydrogen) atoms. The van der Waals surface area contributed by atoms with Crippen molar-refractivity contribution >= 4 is 28.8 Å². The number of carbonyl (C=O) groups excluding carboxylic acids is 3. The van der Waals surface area contributed by atoms with Gasteiger partial charge in [0.15, 0.2) is 11.5 Å². The highest BCUT2D eigenvalue weighted by Crippen LogP contribution is 2.38. The summed E-state index contributed by atoms with van der Waals surface area (Å²) < 4.78 is 11.3. The minimum absolute atomic E-state index is 0.00578. The van der Waals surface area contributed by atoms with Crippen molar-refractivity contribution in [1.29, 1.82) is 0 Å². The molecule has 0 spiro atoms. The molecule has 6 rings (SSSR count). The minimum Gasteiger partial charge on any atom is -0.493 e. The molecule has 2 aromatic carbocycles. The zero-order valence-electron chi connectivity index (χ0n) is 26.0. The summed E-state index contributed by atoms with van der Waals surface area (Å²) >= 11 is 0. The molecule has 1 aromatic heterocycles. The van der Waals surface area contributed by atoms with E-state index >= 15 is 0 Å². The van der Waals surface area contributed by atoms with Crippen molar-refractivity contribution in [1.82, 2.24) is 25.1 Å². The van der Waals surface area contributed by atoms with Crippen LogP contribution in [0.5, 0.6) is 11.5 Å². The maximum atomic E-state index is 13.9. The highest BCUT2D eigenvalue weighted by molar-refractivity contribution is 5.97. The Kier molecular flexibility index (Phi) is 8.77. The van der Waals surface area contributed by atoms with E-state index in [1.807, 2.05) is 36.1 Å². The molecule has 0 aliphatic carbocycles. The van der Waals surface area contributed by atoms with E-state index < -0.39 is 0 Å². The first-order chi connectivity index (χ1) is 21.3. The van der Waals surface area contributed by atoms with Gasteiger partial charge in [-0.25, -0.2) is 4.98 Å². The van der Waals surface area contributed by atoms with Crippen molar-refractivity contribution in [3.63, 3.8) is 0 Å². The van der Waals surface area contributed by atoms with E-state index in [-0.39, 0.29) is 35.6 Å². The van der Waals surface area contributed by atoms with Gasteiger partial charge in [0.1, 0.15) is 5.82 Å². The standard InChI is InChI=1S/C34H43N5O5/c1-21-36-27-11-10-25(17-28(27)37-21)34(42)38-18-23-15-26(20-38)29-7-4-8-31(40)35-13-5-6-24-14-22(9-12-32(41)39(29)19-23)16-30(43-2)33(24)44-3/h10-11,14,16-17,23,26,29H,4-9,12-13,15,18-20H2,1-3H3,(H,35,40)(H,36,37)/t23-,26+,29-/m0/s1. The molecule has 4 bridgehead atoms. The van der Waals surface area contributed by atoms with Crippen LogP contribution in [-0.4, -0.2) is 83.9 Å². The van der Waals surface area contributed by atoms with Crippen molar-refractivity contribution in [2.75, 3.05) is 40.4 Å². The summed E-state index contributed by atoms with van der Waals surface area (Å²) in [6.45, 7) is 4.37. The van der Waals surface area contributed by atoms with E-state index in [9.17, 15) is 14.4 Å². The quantitative estimate of drug-likeness (QED) is 0.468. The van der Waals surface area contributed by atoms with Crippen LogP contribution in [0.15, 0.2) is 30.3 Å². The predicted octanol–water partition coefficient (Wildman–Crippen LogP) is 4.04. The first-order valence-electron chi connectivity index (χ1n) is 15.9. The van der Waals surface area contributed by atoms with Gasteiger partial charge < -0.3 is 29.6 Å². The largest absolute Gasteiger partial charge is 0.493 e. The second kappa shape index (κ2) is 12.9. The Morgan fingerprint density at radius 3 is 2.66 bits per heavy atom. The molecule has 0 radical (unpaired) electrons. The van der Waals surface area contributed by atoms with E-state index in [4.69, 9.17) is 9.47 Å². The summed E-state index contributed by atoms with van der Waals surface area (Å²) in [4.78, 5) is 52.0. The Balaban J connectivity index is 1.22. The second-order valence-electron chi connectivity index (χ2n) is 12.6. The molecule has 0 unspecified atom stereocenters. The maximum Gasteiger partial charge on any atom is 0.253 e. The van der Waals surface area contributed by atoms with E-state index in [0.29, 0.717) is 68.9 Å². The summed E-state index contributed by atoms with van der Waals surface area (Å²) in [6, 6.07) is 9.71. The number of piperidine rings is 2.